The largest absolute Gasteiger partial charge is 0.353 e. The maximum absolute atomic E-state index is 4.78. The lowest BCUT2D eigenvalue weighted by Crippen LogP contribution is -2.17. The van der Waals surface area contributed by atoms with Gasteiger partial charge in [0, 0.05) is 5.87 Å². The van der Waals surface area contributed by atoms with Crippen molar-refractivity contribution < 1.29 is 4.52 Å². The maximum atomic E-state index is 4.78. The molecular formula is C6H3N3O. The second kappa shape index (κ2) is 1.93. The zero-order valence-corrected chi connectivity index (χ0v) is 4.98. The highest BCUT2D eigenvalue weighted by atomic mass is 16.5. The van der Waals surface area contributed by atoms with Crippen molar-refractivity contribution in [2.45, 2.75) is 0 Å². The number of aromatic nitrogens is 1. The molecule has 0 amide bonds. The Labute approximate surface area is 55.9 Å². The summed E-state index contributed by atoms with van der Waals surface area (Å²) in [4.78, 5) is 7.66. The predicted octanol–water partition coefficient (Wildman–Crippen LogP) is -0.771. The molecule has 0 unspecified atom stereocenters. The summed E-state index contributed by atoms with van der Waals surface area (Å²) in [6, 6.07) is 0. The molecule has 0 atom stereocenters. The minimum atomic E-state index is 0.571. The van der Waals surface area contributed by atoms with E-state index in [0.29, 0.717) is 10.8 Å². The van der Waals surface area contributed by atoms with E-state index in [1.165, 1.54) is 18.6 Å². The first kappa shape index (κ1) is 5.14. The molecular weight excluding hydrogens is 130 g/mol. The minimum absolute atomic E-state index is 0.571. The number of fused-ring (bicyclic) bond motifs is 1. The lowest BCUT2D eigenvalue weighted by Gasteiger charge is -1.65. The second-order valence-corrected chi connectivity index (χ2v) is 1.72. The topological polar surface area (TPSA) is 50.8 Å². The Hall–Kier alpha value is -1.67. The molecule has 2 rings (SSSR count). The van der Waals surface area contributed by atoms with Crippen molar-refractivity contribution in [2.24, 2.45) is 9.98 Å². The van der Waals surface area contributed by atoms with Gasteiger partial charge in [-0.2, -0.15) is 0 Å². The van der Waals surface area contributed by atoms with Crippen molar-refractivity contribution in [1.82, 2.24) is 5.16 Å². The molecule has 1 aromatic rings. The Balaban J connectivity index is 2.94. The molecule has 0 aromatic carbocycles. The van der Waals surface area contributed by atoms with E-state index < -0.39 is 0 Å². The van der Waals surface area contributed by atoms with Crippen molar-refractivity contribution in [3.63, 3.8) is 0 Å². The fraction of sp³-hybridized carbons (Fsp3) is 0. The molecule has 0 spiro atoms. The van der Waals surface area contributed by atoms with Gasteiger partial charge < -0.3 is 4.52 Å². The van der Waals surface area contributed by atoms with Gasteiger partial charge in [0.25, 0.3) is 0 Å². The number of aliphatic imine (C=N–C) groups is 1. The van der Waals surface area contributed by atoms with Crippen molar-refractivity contribution >= 4 is 12.1 Å². The van der Waals surface area contributed by atoms with E-state index in [2.05, 4.69) is 21.0 Å². The minimum Gasteiger partial charge on any atom is -0.353 e. The zero-order chi connectivity index (χ0) is 6.81. The quantitative estimate of drug-likeness (QED) is 0.466. The van der Waals surface area contributed by atoms with Gasteiger partial charge in [-0.05, 0) is 0 Å². The van der Waals surface area contributed by atoms with Crippen LogP contribution < -0.4 is 10.8 Å². The van der Waals surface area contributed by atoms with Crippen LogP contribution in [0.5, 0.6) is 0 Å². The van der Waals surface area contributed by atoms with E-state index >= 15 is 0 Å². The van der Waals surface area contributed by atoms with Crippen molar-refractivity contribution in [2.75, 3.05) is 0 Å². The smallest absolute Gasteiger partial charge is 0.204 e. The number of rotatable bonds is 0. The van der Waals surface area contributed by atoms with Crippen molar-refractivity contribution in [3.05, 3.63) is 23.2 Å². The van der Waals surface area contributed by atoms with E-state index in [9.17, 15) is 0 Å². The second-order valence-electron chi connectivity index (χ2n) is 1.72. The zero-order valence-electron chi connectivity index (χ0n) is 4.98. The molecule has 0 saturated carbocycles. The molecule has 0 fully saturated rings. The van der Waals surface area contributed by atoms with Crippen LogP contribution in [0.2, 0.25) is 0 Å². The molecule has 1 aromatic heterocycles. The number of hydrogen-bond donors (Lipinski definition) is 0. The highest BCUT2D eigenvalue weighted by Crippen LogP contribution is 1.72. The van der Waals surface area contributed by atoms with E-state index in [0.717, 1.165) is 0 Å². The van der Waals surface area contributed by atoms with Crippen LogP contribution in [0.15, 0.2) is 26.9 Å². The normalized spacial score (nSPS) is 13.2. The first-order chi connectivity index (χ1) is 4.97. The Morgan fingerprint density at radius 1 is 1.50 bits per heavy atom. The third-order valence-electron chi connectivity index (χ3n) is 1.10. The monoisotopic (exact) mass is 133 g/mol. The third-order valence-corrected chi connectivity index (χ3v) is 1.10. The van der Waals surface area contributed by atoms with Gasteiger partial charge >= 0.3 is 0 Å². The van der Waals surface area contributed by atoms with Crippen molar-refractivity contribution in [3.8, 4) is 0 Å². The van der Waals surface area contributed by atoms with E-state index in [1.54, 1.807) is 0 Å². The highest BCUT2D eigenvalue weighted by Gasteiger charge is 1.90. The Bertz CT molecular complexity index is 374. The highest BCUT2D eigenvalue weighted by molar-refractivity contribution is 5.55. The third kappa shape index (κ3) is 0.674. The van der Waals surface area contributed by atoms with E-state index in [4.69, 9.17) is 4.52 Å². The standard InChI is InChI=1S/C6H3N3O/c1-2-8-5-3-9-10-6(5)4-7-1/h2-4H. The Morgan fingerprint density at radius 3 is 3.50 bits per heavy atom. The van der Waals surface area contributed by atoms with Gasteiger partial charge in [0.1, 0.15) is 5.36 Å². The van der Waals surface area contributed by atoms with Crippen LogP contribution in [0, 0.1) is 0 Å². The molecule has 1 aliphatic heterocycles. The molecule has 4 nitrogen and oxygen atoms in total. The average molecular weight is 133 g/mol. The summed E-state index contributed by atoms with van der Waals surface area (Å²) in [5.74, 6) is 2.57. The first-order valence-corrected chi connectivity index (χ1v) is 2.72. The van der Waals surface area contributed by atoms with Gasteiger partial charge in [0.05, 0.1) is 18.6 Å². The summed E-state index contributed by atoms with van der Waals surface area (Å²) in [6.07, 6.45) is 4.53. The first-order valence-electron chi connectivity index (χ1n) is 2.72. The summed E-state index contributed by atoms with van der Waals surface area (Å²) in [7, 11) is 0. The van der Waals surface area contributed by atoms with Gasteiger partial charge in [-0.15, -0.1) is 0 Å². The maximum Gasteiger partial charge on any atom is 0.204 e. The Morgan fingerprint density at radius 2 is 2.50 bits per heavy atom. The molecule has 0 saturated heterocycles. The summed E-state index contributed by atoms with van der Waals surface area (Å²) in [5.41, 5.74) is 0.571. The molecule has 2 heterocycles. The molecule has 0 aliphatic carbocycles. The predicted molar refractivity (Wildman–Crippen MR) is 33.8 cm³/mol. The van der Waals surface area contributed by atoms with E-state index in [-0.39, 0.29) is 0 Å². The lowest BCUT2D eigenvalue weighted by atomic mass is 10.6. The fourth-order valence-corrected chi connectivity index (χ4v) is 0.658. The van der Waals surface area contributed by atoms with Crippen LogP contribution in [0.1, 0.15) is 0 Å². The molecule has 4 heteroatoms. The molecule has 48 valence electrons. The molecule has 10 heavy (non-hydrogen) atoms. The number of hydrogen-bond acceptors (Lipinski definition) is 4. The van der Waals surface area contributed by atoms with E-state index in [1.807, 2.05) is 0 Å². The van der Waals surface area contributed by atoms with Crippen LogP contribution in [0.25, 0.3) is 6.20 Å². The van der Waals surface area contributed by atoms with Crippen LogP contribution in [0.4, 0.5) is 0 Å². The lowest BCUT2D eigenvalue weighted by molar-refractivity contribution is 0.393. The van der Waals surface area contributed by atoms with Crippen LogP contribution in [-0.2, 0) is 0 Å². The molecule has 1 aliphatic rings. The van der Waals surface area contributed by atoms with Gasteiger partial charge in [-0.1, -0.05) is 5.16 Å². The van der Waals surface area contributed by atoms with Gasteiger partial charge in [-0.25, -0.2) is 9.98 Å². The van der Waals surface area contributed by atoms with Gasteiger partial charge in [-0.3, -0.25) is 0 Å². The van der Waals surface area contributed by atoms with Crippen molar-refractivity contribution in [1.29, 1.82) is 0 Å². The summed E-state index contributed by atoms with van der Waals surface area (Å²) in [5, 5.41) is 4.23. The van der Waals surface area contributed by atoms with Crippen LogP contribution in [-0.4, -0.2) is 11.0 Å². The van der Waals surface area contributed by atoms with Gasteiger partial charge in [0.2, 0.25) is 5.42 Å². The number of nitrogens with zero attached hydrogens (tertiary/aromatic N) is 3. The molecule has 0 radical (unpaired) electrons. The SMILES string of the molecule is C1=CN=c2cnoc2=CN=1. The van der Waals surface area contributed by atoms with Crippen LogP contribution in [0.3, 0.4) is 0 Å². The summed E-state index contributed by atoms with van der Waals surface area (Å²) >= 11 is 0. The fourth-order valence-electron chi connectivity index (χ4n) is 0.658. The summed E-state index contributed by atoms with van der Waals surface area (Å²) < 4.78 is 4.78. The van der Waals surface area contributed by atoms with Crippen LogP contribution >= 0.6 is 0 Å². The average Bonchev–Trinajstić information content (AvgIpc) is 2.28. The Kier molecular flexibility index (Phi) is 0.993. The molecule has 0 bridgehead atoms. The molecule has 0 N–H and O–H groups in total. The van der Waals surface area contributed by atoms with Gasteiger partial charge in [0.15, 0.2) is 0 Å². The summed E-state index contributed by atoms with van der Waals surface area (Å²) in [6.45, 7) is 0.